The fourth-order valence-corrected chi connectivity index (χ4v) is 2.40. The van der Waals surface area contributed by atoms with E-state index in [4.69, 9.17) is 44.8 Å². The Balaban J connectivity index is 2.12. The molecular weight excluding hydrogens is 357 g/mol. The number of nitriles is 1. The van der Waals surface area contributed by atoms with Crippen molar-refractivity contribution in [3.63, 3.8) is 0 Å². The van der Waals surface area contributed by atoms with Crippen LogP contribution in [0.15, 0.2) is 42.5 Å². The van der Waals surface area contributed by atoms with Gasteiger partial charge < -0.3 is 4.74 Å². The van der Waals surface area contributed by atoms with Gasteiger partial charge >= 0.3 is 0 Å². The van der Waals surface area contributed by atoms with Gasteiger partial charge in [0.2, 0.25) is 0 Å². The number of hydrogen-bond donors (Lipinski definition) is 0. The average Bonchev–Trinajstić information content (AvgIpc) is 2.57. The van der Waals surface area contributed by atoms with Gasteiger partial charge in [-0.2, -0.15) is 5.26 Å². The number of ketones is 1. The standard InChI is InChI=1S/C17H10Cl3NO2/c18-14-7-6-13(16(19)17(14)20)15(22)8-3-11-1-4-12(5-2-11)23-10-9-21/h1-8H,10H2/b8-3+. The third-order valence-electron chi connectivity index (χ3n) is 2.91. The van der Waals surface area contributed by atoms with Crippen molar-refractivity contribution < 1.29 is 9.53 Å². The van der Waals surface area contributed by atoms with Crippen LogP contribution in [-0.2, 0) is 0 Å². The van der Waals surface area contributed by atoms with Crippen molar-refractivity contribution in [1.82, 2.24) is 0 Å². The van der Waals surface area contributed by atoms with Crippen molar-refractivity contribution in [3.05, 3.63) is 68.7 Å². The highest BCUT2D eigenvalue weighted by atomic mass is 35.5. The smallest absolute Gasteiger partial charge is 0.187 e. The van der Waals surface area contributed by atoms with Crippen LogP contribution in [0.2, 0.25) is 15.1 Å². The summed E-state index contributed by atoms with van der Waals surface area (Å²) in [4.78, 5) is 12.2. The number of carbonyl (C=O) groups is 1. The van der Waals surface area contributed by atoms with Crippen LogP contribution in [0.25, 0.3) is 6.08 Å². The number of halogens is 3. The topological polar surface area (TPSA) is 50.1 Å². The third-order valence-corrected chi connectivity index (χ3v) is 4.20. The normalized spacial score (nSPS) is 10.5. The summed E-state index contributed by atoms with van der Waals surface area (Å²) < 4.78 is 5.15. The lowest BCUT2D eigenvalue weighted by Gasteiger charge is -2.04. The number of hydrogen-bond acceptors (Lipinski definition) is 3. The number of benzene rings is 2. The summed E-state index contributed by atoms with van der Waals surface area (Å²) in [5, 5.41) is 9.03. The number of carbonyl (C=O) groups excluding carboxylic acids is 1. The maximum atomic E-state index is 12.2. The van der Waals surface area contributed by atoms with E-state index in [-0.39, 0.29) is 28.0 Å². The molecule has 2 rings (SSSR count). The van der Waals surface area contributed by atoms with E-state index in [1.165, 1.54) is 18.2 Å². The summed E-state index contributed by atoms with van der Waals surface area (Å²) in [6, 6.07) is 11.9. The molecule has 23 heavy (non-hydrogen) atoms. The summed E-state index contributed by atoms with van der Waals surface area (Å²) in [5.41, 5.74) is 1.09. The Kier molecular flexibility index (Phi) is 6.06. The van der Waals surface area contributed by atoms with Crippen LogP contribution >= 0.6 is 34.8 Å². The van der Waals surface area contributed by atoms with Crippen LogP contribution in [0.4, 0.5) is 0 Å². The largest absolute Gasteiger partial charge is 0.479 e. The fourth-order valence-electron chi connectivity index (χ4n) is 1.77. The van der Waals surface area contributed by atoms with E-state index in [0.29, 0.717) is 10.8 Å². The first-order chi connectivity index (χ1) is 11.0. The molecule has 0 bridgehead atoms. The Labute approximate surface area is 148 Å². The van der Waals surface area contributed by atoms with E-state index in [0.717, 1.165) is 5.56 Å². The Morgan fingerprint density at radius 2 is 1.78 bits per heavy atom. The zero-order chi connectivity index (χ0) is 16.8. The Bertz CT molecular complexity index is 793. The van der Waals surface area contributed by atoms with E-state index in [1.807, 2.05) is 6.07 Å². The van der Waals surface area contributed by atoms with E-state index < -0.39 is 0 Å². The van der Waals surface area contributed by atoms with Gasteiger partial charge in [0, 0.05) is 5.56 Å². The van der Waals surface area contributed by atoms with Crippen molar-refractivity contribution in [1.29, 1.82) is 5.26 Å². The van der Waals surface area contributed by atoms with Crippen molar-refractivity contribution in [3.8, 4) is 11.8 Å². The van der Waals surface area contributed by atoms with Gasteiger partial charge in [-0.3, -0.25) is 4.79 Å². The van der Waals surface area contributed by atoms with Crippen molar-refractivity contribution in [2.45, 2.75) is 0 Å². The zero-order valence-corrected chi connectivity index (χ0v) is 14.0. The molecule has 0 saturated carbocycles. The Hall–Kier alpha value is -1.99. The highest BCUT2D eigenvalue weighted by Crippen LogP contribution is 2.33. The van der Waals surface area contributed by atoms with Gasteiger partial charge in [0.15, 0.2) is 12.4 Å². The van der Waals surface area contributed by atoms with Crippen molar-refractivity contribution >= 4 is 46.7 Å². The minimum atomic E-state index is -0.279. The van der Waals surface area contributed by atoms with E-state index in [9.17, 15) is 4.79 Å². The number of rotatable bonds is 5. The van der Waals surface area contributed by atoms with E-state index >= 15 is 0 Å². The van der Waals surface area contributed by atoms with Gasteiger partial charge in [0.1, 0.15) is 11.8 Å². The van der Waals surface area contributed by atoms with Gasteiger partial charge in [0.05, 0.1) is 15.1 Å². The third kappa shape index (κ3) is 4.49. The first kappa shape index (κ1) is 17.4. The Morgan fingerprint density at radius 3 is 2.43 bits per heavy atom. The Morgan fingerprint density at radius 1 is 1.09 bits per heavy atom. The van der Waals surface area contributed by atoms with Gasteiger partial charge in [-0.25, -0.2) is 0 Å². The quantitative estimate of drug-likeness (QED) is 0.402. The maximum absolute atomic E-state index is 12.2. The molecule has 3 nitrogen and oxygen atoms in total. The van der Waals surface area contributed by atoms with Crippen LogP contribution in [0.1, 0.15) is 15.9 Å². The molecule has 0 atom stereocenters. The summed E-state index contributed by atoms with van der Waals surface area (Å²) >= 11 is 17.8. The van der Waals surface area contributed by atoms with E-state index in [2.05, 4.69) is 0 Å². The summed E-state index contributed by atoms with van der Waals surface area (Å²) in [7, 11) is 0. The van der Waals surface area contributed by atoms with Gasteiger partial charge in [0.25, 0.3) is 0 Å². The molecule has 0 unspecified atom stereocenters. The van der Waals surface area contributed by atoms with Crippen LogP contribution in [0.3, 0.4) is 0 Å². The number of ether oxygens (including phenoxy) is 1. The van der Waals surface area contributed by atoms with Crippen molar-refractivity contribution in [2.75, 3.05) is 6.61 Å². The second-order valence-corrected chi connectivity index (χ2v) is 5.60. The fraction of sp³-hybridized carbons (Fsp3) is 0.0588. The molecule has 0 heterocycles. The first-order valence-corrected chi connectivity index (χ1v) is 7.62. The molecule has 0 aliphatic carbocycles. The highest BCUT2D eigenvalue weighted by molar-refractivity contribution is 6.49. The summed E-state index contributed by atoms with van der Waals surface area (Å²) in [6.07, 6.45) is 3.05. The SMILES string of the molecule is N#CCOc1ccc(/C=C/C(=O)c2ccc(Cl)c(Cl)c2Cl)cc1. The minimum absolute atomic E-state index is 0.0104. The van der Waals surface area contributed by atoms with Crippen LogP contribution in [0.5, 0.6) is 5.75 Å². The molecule has 0 amide bonds. The lowest BCUT2D eigenvalue weighted by Crippen LogP contribution is -1.96. The van der Waals surface area contributed by atoms with E-state index in [1.54, 1.807) is 30.3 Å². The molecule has 0 aromatic heterocycles. The molecule has 0 aliphatic heterocycles. The zero-order valence-electron chi connectivity index (χ0n) is 11.7. The highest BCUT2D eigenvalue weighted by Gasteiger charge is 2.13. The molecule has 0 radical (unpaired) electrons. The number of allylic oxidation sites excluding steroid dienone is 1. The average molecular weight is 367 g/mol. The lowest BCUT2D eigenvalue weighted by atomic mass is 10.1. The predicted octanol–water partition coefficient (Wildman–Crippen LogP) is 5.45. The van der Waals surface area contributed by atoms with Crippen LogP contribution in [0, 0.1) is 11.3 Å². The molecular formula is C17H10Cl3NO2. The second-order valence-electron chi connectivity index (χ2n) is 4.44. The molecule has 0 N–H and O–H groups in total. The molecule has 0 spiro atoms. The van der Waals surface area contributed by atoms with Gasteiger partial charge in [-0.1, -0.05) is 53.0 Å². The molecule has 0 aliphatic rings. The van der Waals surface area contributed by atoms with Crippen LogP contribution in [-0.4, -0.2) is 12.4 Å². The summed E-state index contributed by atoms with van der Waals surface area (Å²) in [5.74, 6) is 0.306. The minimum Gasteiger partial charge on any atom is -0.479 e. The first-order valence-electron chi connectivity index (χ1n) is 6.48. The molecule has 6 heteroatoms. The second kappa shape index (κ2) is 8.03. The molecule has 0 saturated heterocycles. The molecule has 2 aromatic carbocycles. The monoisotopic (exact) mass is 365 g/mol. The molecule has 116 valence electrons. The predicted molar refractivity (Wildman–Crippen MR) is 92.4 cm³/mol. The lowest BCUT2D eigenvalue weighted by molar-refractivity contribution is 0.104. The molecule has 2 aromatic rings. The van der Waals surface area contributed by atoms with Crippen molar-refractivity contribution in [2.24, 2.45) is 0 Å². The molecule has 0 fully saturated rings. The van der Waals surface area contributed by atoms with Crippen LogP contribution < -0.4 is 4.74 Å². The maximum Gasteiger partial charge on any atom is 0.187 e. The van der Waals surface area contributed by atoms with Gasteiger partial charge in [-0.15, -0.1) is 0 Å². The van der Waals surface area contributed by atoms with Gasteiger partial charge in [-0.05, 0) is 35.9 Å². The summed E-state index contributed by atoms with van der Waals surface area (Å²) in [6.45, 7) is -0.0104. The number of nitrogens with zero attached hydrogens (tertiary/aromatic N) is 1.